The molecule has 1 fully saturated rings. The number of aryl methyl sites for hydroxylation is 1. The van der Waals surface area contributed by atoms with Crippen molar-refractivity contribution in [3.8, 4) is 0 Å². The number of nitrogens with zero attached hydrogens (tertiary/aromatic N) is 2. The molecule has 0 unspecified atom stereocenters. The van der Waals surface area contributed by atoms with Crippen LogP contribution in [0, 0.1) is 18.8 Å². The number of anilines is 1. The molecule has 138 valence electrons. The zero-order valence-electron chi connectivity index (χ0n) is 15.0. The Morgan fingerprint density at radius 1 is 1.11 bits per heavy atom. The van der Waals surface area contributed by atoms with E-state index in [0.29, 0.717) is 18.5 Å². The van der Waals surface area contributed by atoms with Crippen LogP contribution in [0.2, 0.25) is 0 Å². The molecule has 1 aliphatic heterocycles. The van der Waals surface area contributed by atoms with Crippen LogP contribution in [0.25, 0.3) is 0 Å². The average molecular weight is 364 g/mol. The van der Waals surface area contributed by atoms with Gasteiger partial charge in [0.05, 0.1) is 18.1 Å². The number of imide groups is 1. The highest BCUT2D eigenvalue weighted by Gasteiger charge is 2.48. The van der Waals surface area contributed by atoms with Gasteiger partial charge in [-0.05, 0) is 49.6 Å². The summed E-state index contributed by atoms with van der Waals surface area (Å²) < 4.78 is 5.25. The lowest BCUT2D eigenvalue weighted by molar-refractivity contribution is -0.139. The molecule has 1 aliphatic carbocycles. The zero-order chi connectivity index (χ0) is 19.0. The van der Waals surface area contributed by atoms with Crippen molar-refractivity contribution < 1.29 is 18.8 Å². The summed E-state index contributed by atoms with van der Waals surface area (Å²) in [5, 5.41) is 0. The molecular weight excluding hydrogens is 344 g/mol. The van der Waals surface area contributed by atoms with Gasteiger partial charge in [0, 0.05) is 5.69 Å². The van der Waals surface area contributed by atoms with Gasteiger partial charge in [-0.3, -0.25) is 24.2 Å². The van der Waals surface area contributed by atoms with E-state index in [0.717, 1.165) is 5.56 Å². The van der Waals surface area contributed by atoms with Gasteiger partial charge in [-0.25, -0.2) is 0 Å². The van der Waals surface area contributed by atoms with E-state index in [1.54, 1.807) is 18.2 Å². The molecule has 1 aromatic heterocycles. The highest BCUT2D eigenvalue weighted by molar-refractivity contribution is 6.08. The molecule has 1 saturated heterocycles. The third kappa shape index (κ3) is 3.07. The number of carbonyl (C=O) groups excluding carboxylic acids is 3. The molecule has 3 amide bonds. The second-order valence-electron chi connectivity index (χ2n) is 6.95. The summed E-state index contributed by atoms with van der Waals surface area (Å²) in [5.74, 6) is -1.28. The second-order valence-corrected chi connectivity index (χ2v) is 6.95. The Morgan fingerprint density at radius 3 is 2.41 bits per heavy atom. The van der Waals surface area contributed by atoms with Gasteiger partial charge in [-0.2, -0.15) is 0 Å². The standard InChI is InChI=1S/C21H20N2O4/c1-14-6-4-7-15(12-14)22(21(26)18-10-5-11-27-18)13-23-19(24)16-8-2-3-9-17(16)20(23)25/h2-7,10-12,16-17H,8-9,13H2,1H3/t16-,17-/m0/s1. The first-order chi connectivity index (χ1) is 13.1. The summed E-state index contributed by atoms with van der Waals surface area (Å²) >= 11 is 0. The predicted molar refractivity (Wildman–Crippen MR) is 98.8 cm³/mol. The number of rotatable bonds is 4. The molecule has 2 aromatic rings. The van der Waals surface area contributed by atoms with Crippen LogP contribution >= 0.6 is 0 Å². The first-order valence-electron chi connectivity index (χ1n) is 8.98. The SMILES string of the molecule is Cc1cccc(N(CN2C(=O)[C@H]3CC=CC[C@@H]3C2=O)C(=O)c2ccco2)c1. The van der Waals surface area contributed by atoms with Gasteiger partial charge in [0.15, 0.2) is 5.76 Å². The minimum absolute atomic E-state index is 0.117. The normalized spacial score (nSPS) is 21.4. The van der Waals surface area contributed by atoms with Crippen LogP contribution in [0.3, 0.4) is 0 Å². The third-order valence-electron chi connectivity index (χ3n) is 5.17. The van der Waals surface area contributed by atoms with Crippen molar-refractivity contribution in [2.75, 3.05) is 11.6 Å². The van der Waals surface area contributed by atoms with Crippen molar-refractivity contribution in [1.82, 2.24) is 4.90 Å². The summed E-state index contributed by atoms with van der Waals surface area (Å²) in [4.78, 5) is 41.2. The summed E-state index contributed by atoms with van der Waals surface area (Å²) in [7, 11) is 0. The van der Waals surface area contributed by atoms with Gasteiger partial charge in [0.2, 0.25) is 11.8 Å². The number of allylic oxidation sites excluding steroid dienone is 2. The van der Waals surface area contributed by atoms with Crippen molar-refractivity contribution in [3.63, 3.8) is 0 Å². The zero-order valence-corrected chi connectivity index (χ0v) is 15.0. The Labute approximate surface area is 157 Å². The molecule has 0 spiro atoms. The highest BCUT2D eigenvalue weighted by Crippen LogP contribution is 2.35. The maximum atomic E-state index is 13.0. The maximum absolute atomic E-state index is 13.0. The fourth-order valence-electron chi connectivity index (χ4n) is 3.74. The Bertz CT molecular complexity index is 890. The minimum Gasteiger partial charge on any atom is -0.459 e. The minimum atomic E-state index is -0.390. The van der Waals surface area contributed by atoms with Gasteiger partial charge in [-0.15, -0.1) is 0 Å². The number of hydrogen-bond donors (Lipinski definition) is 0. The van der Waals surface area contributed by atoms with Crippen LogP contribution in [0.1, 0.15) is 29.0 Å². The third-order valence-corrected chi connectivity index (χ3v) is 5.17. The van der Waals surface area contributed by atoms with Crippen molar-refractivity contribution in [3.05, 3.63) is 66.1 Å². The Kier molecular flexibility index (Phi) is 4.39. The van der Waals surface area contributed by atoms with E-state index < -0.39 is 0 Å². The van der Waals surface area contributed by atoms with E-state index in [-0.39, 0.29) is 42.0 Å². The molecule has 2 heterocycles. The lowest BCUT2D eigenvalue weighted by atomic mass is 9.85. The molecule has 0 bridgehead atoms. The van der Waals surface area contributed by atoms with E-state index in [1.165, 1.54) is 16.1 Å². The molecule has 6 nitrogen and oxygen atoms in total. The van der Waals surface area contributed by atoms with Gasteiger partial charge >= 0.3 is 0 Å². The number of likely N-dealkylation sites (tertiary alicyclic amines) is 1. The Hall–Kier alpha value is -3.15. The van der Waals surface area contributed by atoms with Gasteiger partial charge in [0.25, 0.3) is 5.91 Å². The second kappa shape index (κ2) is 6.87. The summed E-state index contributed by atoms with van der Waals surface area (Å²) in [6.45, 7) is 1.80. The molecule has 2 atom stereocenters. The Morgan fingerprint density at radius 2 is 1.81 bits per heavy atom. The summed E-state index contributed by atoms with van der Waals surface area (Å²) in [6, 6.07) is 10.6. The number of carbonyl (C=O) groups is 3. The molecule has 0 radical (unpaired) electrons. The van der Waals surface area contributed by atoms with Crippen molar-refractivity contribution in [1.29, 1.82) is 0 Å². The van der Waals surface area contributed by atoms with Gasteiger partial charge < -0.3 is 4.42 Å². The van der Waals surface area contributed by atoms with Crippen LogP contribution in [-0.2, 0) is 9.59 Å². The van der Waals surface area contributed by atoms with Crippen molar-refractivity contribution >= 4 is 23.4 Å². The van der Waals surface area contributed by atoms with Gasteiger partial charge in [-0.1, -0.05) is 24.3 Å². The molecule has 0 N–H and O–H groups in total. The van der Waals surface area contributed by atoms with Crippen LogP contribution in [0.4, 0.5) is 5.69 Å². The van der Waals surface area contributed by atoms with E-state index in [4.69, 9.17) is 4.42 Å². The van der Waals surface area contributed by atoms with Crippen molar-refractivity contribution in [2.45, 2.75) is 19.8 Å². The van der Waals surface area contributed by atoms with Crippen molar-refractivity contribution in [2.24, 2.45) is 11.8 Å². The van der Waals surface area contributed by atoms with E-state index in [2.05, 4.69) is 0 Å². The molecule has 0 saturated carbocycles. The van der Waals surface area contributed by atoms with Crippen LogP contribution in [-0.4, -0.2) is 29.3 Å². The summed E-state index contributed by atoms with van der Waals surface area (Å²) in [6.07, 6.45) is 6.46. The molecule has 2 aliphatic rings. The van der Waals surface area contributed by atoms with E-state index >= 15 is 0 Å². The fraction of sp³-hybridized carbons (Fsp3) is 0.286. The lowest BCUT2D eigenvalue weighted by Gasteiger charge is -2.27. The quantitative estimate of drug-likeness (QED) is 0.617. The van der Waals surface area contributed by atoms with E-state index in [1.807, 2.05) is 37.3 Å². The number of fused-ring (bicyclic) bond motifs is 1. The number of hydrogen-bond acceptors (Lipinski definition) is 4. The first-order valence-corrected chi connectivity index (χ1v) is 8.98. The topological polar surface area (TPSA) is 70.8 Å². The number of benzene rings is 1. The monoisotopic (exact) mass is 364 g/mol. The number of furan rings is 1. The highest BCUT2D eigenvalue weighted by atomic mass is 16.3. The van der Waals surface area contributed by atoms with Crippen LogP contribution in [0.5, 0.6) is 0 Å². The smallest absolute Gasteiger partial charge is 0.295 e. The molecule has 6 heteroatoms. The first kappa shape index (κ1) is 17.3. The molecular formula is C21H20N2O4. The molecule has 27 heavy (non-hydrogen) atoms. The molecule has 4 rings (SSSR count). The molecule has 1 aromatic carbocycles. The van der Waals surface area contributed by atoms with Crippen LogP contribution in [0.15, 0.2) is 59.2 Å². The van der Waals surface area contributed by atoms with Crippen LogP contribution < -0.4 is 4.90 Å². The fourth-order valence-corrected chi connectivity index (χ4v) is 3.74. The maximum Gasteiger partial charge on any atom is 0.295 e. The predicted octanol–water partition coefficient (Wildman–Crippen LogP) is 3.14. The average Bonchev–Trinajstić information content (AvgIpc) is 3.29. The number of amides is 3. The summed E-state index contributed by atoms with van der Waals surface area (Å²) in [5.41, 5.74) is 1.59. The largest absolute Gasteiger partial charge is 0.459 e. The van der Waals surface area contributed by atoms with E-state index in [9.17, 15) is 14.4 Å². The van der Waals surface area contributed by atoms with Gasteiger partial charge in [0.1, 0.15) is 6.67 Å². The lowest BCUT2D eigenvalue weighted by Crippen LogP contribution is -2.44. The Balaban J connectivity index is 1.66.